The van der Waals surface area contributed by atoms with E-state index in [0.717, 1.165) is 21.8 Å². The SMILES string of the molecule is CC1CCC(N(C)c2cc(Br)ccc2N)CC1. The number of nitrogens with two attached hydrogens (primary N) is 1. The molecule has 1 aromatic carbocycles. The van der Waals surface area contributed by atoms with Crippen LogP contribution in [0.1, 0.15) is 32.6 Å². The van der Waals surface area contributed by atoms with E-state index in [4.69, 9.17) is 5.73 Å². The molecule has 0 heterocycles. The van der Waals surface area contributed by atoms with Crippen LogP contribution in [0.4, 0.5) is 11.4 Å². The predicted molar refractivity (Wildman–Crippen MR) is 78.4 cm³/mol. The second kappa shape index (κ2) is 5.30. The van der Waals surface area contributed by atoms with Crippen molar-refractivity contribution in [3.05, 3.63) is 22.7 Å². The fraction of sp³-hybridized carbons (Fsp3) is 0.571. The van der Waals surface area contributed by atoms with Gasteiger partial charge < -0.3 is 10.6 Å². The maximum absolute atomic E-state index is 6.06. The van der Waals surface area contributed by atoms with E-state index in [2.05, 4.69) is 40.9 Å². The zero-order valence-corrected chi connectivity index (χ0v) is 12.2. The van der Waals surface area contributed by atoms with E-state index in [9.17, 15) is 0 Å². The molecule has 2 N–H and O–H groups in total. The number of halogens is 1. The van der Waals surface area contributed by atoms with Crippen LogP contribution in [-0.2, 0) is 0 Å². The predicted octanol–water partition coefficient (Wildman–Crippen LogP) is 4.05. The highest BCUT2D eigenvalue weighted by Gasteiger charge is 2.22. The van der Waals surface area contributed by atoms with Crippen molar-refractivity contribution in [1.82, 2.24) is 0 Å². The molecule has 0 aliphatic heterocycles. The van der Waals surface area contributed by atoms with Gasteiger partial charge in [-0.15, -0.1) is 0 Å². The molecular weight excluding hydrogens is 276 g/mol. The van der Waals surface area contributed by atoms with Crippen molar-refractivity contribution in [1.29, 1.82) is 0 Å². The Morgan fingerprint density at radius 2 is 1.88 bits per heavy atom. The molecule has 2 nitrogen and oxygen atoms in total. The molecule has 0 aromatic heterocycles. The molecule has 1 aliphatic rings. The lowest BCUT2D eigenvalue weighted by Crippen LogP contribution is -2.35. The van der Waals surface area contributed by atoms with Gasteiger partial charge in [-0.3, -0.25) is 0 Å². The summed E-state index contributed by atoms with van der Waals surface area (Å²) in [4.78, 5) is 2.35. The van der Waals surface area contributed by atoms with E-state index in [1.807, 2.05) is 12.1 Å². The van der Waals surface area contributed by atoms with E-state index in [1.165, 1.54) is 25.7 Å². The third kappa shape index (κ3) is 2.95. The molecule has 3 heteroatoms. The monoisotopic (exact) mass is 296 g/mol. The maximum Gasteiger partial charge on any atom is 0.0611 e. The lowest BCUT2D eigenvalue weighted by Gasteiger charge is -2.35. The largest absolute Gasteiger partial charge is 0.397 e. The van der Waals surface area contributed by atoms with Crippen LogP contribution >= 0.6 is 15.9 Å². The first-order chi connectivity index (χ1) is 8.08. The van der Waals surface area contributed by atoms with Gasteiger partial charge in [0.15, 0.2) is 0 Å². The summed E-state index contributed by atoms with van der Waals surface area (Å²) in [5.74, 6) is 0.888. The Bertz CT molecular complexity index is 384. The third-order valence-corrected chi connectivity index (χ3v) is 4.40. The van der Waals surface area contributed by atoms with Gasteiger partial charge in [-0.2, -0.15) is 0 Å². The number of rotatable bonds is 2. The minimum atomic E-state index is 0.641. The number of nitrogens with zero attached hydrogens (tertiary/aromatic N) is 1. The van der Waals surface area contributed by atoms with Gasteiger partial charge in [-0.1, -0.05) is 22.9 Å². The van der Waals surface area contributed by atoms with Crippen LogP contribution in [0.5, 0.6) is 0 Å². The summed E-state index contributed by atoms with van der Waals surface area (Å²) in [5, 5.41) is 0. The third-order valence-electron chi connectivity index (χ3n) is 3.91. The van der Waals surface area contributed by atoms with Crippen LogP contribution in [-0.4, -0.2) is 13.1 Å². The van der Waals surface area contributed by atoms with E-state index >= 15 is 0 Å². The minimum absolute atomic E-state index is 0.641. The molecule has 2 rings (SSSR count). The molecule has 0 radical (unpaired) electrons. The highest BCUT2D eigenvalue weighted by atomic mass is 79.9. The summed E-state index contributed by atoms with van der Waals surface area (Å²) in [7, 11) is 2.17. The second-order valence-electron chi connectivity index (χ2n) is 5.23. The maximum atomic E-state index is 6.06. The van der Waals surface area contributed by atoms with Crippen molar-refractivity contribution in [3.63, 3.8) is 0 Å². The van der Waals surface area contributed by atoms with E-state index in [1.54, 1.807) is 0 Å². The van der Waals surface area contributed by atoms with Gasteiger partial charge in [0.05, 0.1) is 11.4 Å². The number of benzene rings is 1. The molecule has 0 unspecified atom stereocenters. The standard InChI is InChI=1S/C14H21BrN2/c1-10-3-6-12(7-4-10)17(2)14-9-11(15)5-8-13(14)16/h5,8-10,12H,3-4,6-7,16H2,1-2H3. The molecule has 1 fully saturated rings. The van der Waals surface area contributed by atoms with Crippen LogP contribution in [0.3, 0.4) is 0 Å². The van der Waals surface area contributed by atoms with E-state index < -0.39 is 0 Å². The molecule has 0 bridgehead atoms. The number of anilines is 2. The number of nitrogen functional groups attached to an aromatic ring is 1. The van der Waals surface area contributed by atoms with Gasteiger partial charge in [0, 0.05) is 17.6 Å². The molecule has 0 atom stereocenters. The Hall–Kier alpha value is -0.700. The van der Waals surface area contributed by atoms with Gasteiger partial charge in [0.25, 0.3) is 0 Å². The normalized spacial score (nSPS) is 24.6. The Morgan fingerprint density at radius 3 is 2.53 bits per heavy atom. The highest BCUT2D eigenvalue weighted by molar-refractivity contribution is 9.10. The zero-order valence-electron chi connectivity index (χ0n) is 10.6. The van der Waals surface area contributed by atoms with Crippen LogP contribution < -0.4 is 10.6 Å². The second-order valence-corrected chi connectivity index (χ2v) is 6.14. The summed E-state index contributed by atoms with van der Waals surface area (Å²) in [5.41, 5.74) is 8.08. The Balaban J connectivity index is 2.13. The van der Waals surface area contributed by atoms with Gasteiger partial charge in [0.1, 0.15) is 0 Å². The molecule has 17 heavy (non-hydrogen) atoms. The van der Waals surface area contributed by atoms with Crippen LogP contribution in [0, 0.1) is 5.92 Å². The lowest BCUT2D eigenvalue weighted by atomic mass is 9.86. The van der Waals surface area contributed by atoms with Crippen molar-refractivity contribution in [2.24, 2.45) is 5.92 Å². The molecule has 0 saturated heterocycles. The zero-order chi connectivity index (χ0) is 12.4. The molecule has 1 aromatic rings. The summed E-state index contributed by atoms with van der Waals surface area (Å²) < 4.78 is 1.10. The number of hydrogen-bond acceptors (Lipinski definition) is 2. The Kier molecular flexibility index (Phi) is 3.97. The van der Waals surface area contributed by atoms with Crippen molar-refractivity contribution in [2.45, 2.75) is 38.6 Å². The van der Waals surface area contributed by atoms with Crippen molar-refractivity contribution < 1.29 is 0 Å². The van der Waals surface area contributed by atoms with Gasteiger partial charge in [0.2, 0.25) is 0 Å². The smallest absolute Gasteiger partial charge is 0.0611 e. The van der Waals surface area contributed by atoms with E-state index in [-0.39, 0.29) is 0 Å². The van der Waals surface area contributed by atoms with Crippen LogP contribution in [0.2, 0.25) is 0 Å². The summed E-state index contributed by atoms with van der Waals surface area (Å²) in [6.07, 6.45) is 5.24. The first kappa shape index (κ1) is 12.7. The van der Waals surface area contributed by atoms with Crippen LogP contribution in [0.25, 0.3) is 0 Å². The van der Waals surface area contributed by atoms with Gasteiger partial charge in [-0.05, 0) is 49.8 Å². The summed E-state index contributed by atoms with van der Waals surface area (Å²) >= 11 is 3.52. The van der Waals surface area contributed by atoms with Crippen molar-refractivity contribution in [2.75, 3.05) is 17.7 Å². The quantitative estimate of drug-likeness (QED) is 0.835. The lowest BCUT2D eigenvalue weighted by molar-refractivity contribution is 0.341. The van der Waals surface area contributed by atoms with Crippen molar-refractivity contribution in [3.8, 4) is 0 Å². The average molecular weight is 297 g/mol. The first-order valence-electron chi connectivity index (χ1n) is 6.36. The molecule has 0 amide bonds. The average Bonchev–Trinajstić information content (AvgIpc) is 2.32. The van der Waals surface area contributed by atoms with Gasteiger partial charge in [-0.25, -0.2) is 0 Å². The van der Waals surface area contributed by atoms with Gasteiger partial charge >= 0.3 is 0 Å². The molecule has 0 spiro atoms. The Morgan fingerprint density at radius 1 is 1.24 bits per heavy atom. The topological polar surface area (TPSA) is 29.3 Å². The van der Waals surface area contributed by atoms with Crippen molar-refractivity contribution >= 4 is 27.3 Å². The Labute approximate surface area is 112 Å². The molecular formula is C14H21BrN2. The van der Waals surface area contributed by atoms with E-state index in [0.29, 0.717) is 6.04 Å². The fourth-order valence-corrected chi connectivity index (χ4v) is 3.00. The summed E-state index contributed by atoms with van der Waals surface area (Å²) in [6, 6.07) is 6.73. The van der Waals surface area contributed by atoms with Crippen LogP contribution in [0.15, 0.2) is 22.7 Å². The fourth-order valence-electron chi connectivity index (χ4n) is 2.65. The molecule has 1 aliphatic carbocycles. The summed E-state index contributed by atoms with van der Waals surface area (Å²) in [6.45, 7) is 2.35. The minimum Gasteiger partial charge on any atom is -0.397 e. The number of hydrogen-bond donors (Lipinski definition) is 1. The molecule has 94 valence electrons. The first-order valence-corrected chi connectivity index (χ1v) is 7.15. The highest BCUT2D eigenvalue weighted by Crippen LogP contribution is 2.33. The molecule has 1 saturated carbocycles.